The number of hydrogen-bond acceptors (Lipinski definition) is 2. The third-order valence-corrected chi connectivity index (χ3v) is 5.37. The zero-order valence-electron chi connectivity index (χ0n) is 11.0. The van der Waals surface area contributed by atoms with Crippen LogP contribution in [0.15, 0.2) is 24.3 Å². The smallest absolute Gasteiger partial charge is 0.0108 e. The zero-order chi connectivity index (χ0) is 12.2. The second-order valence-electron chi connectivity index (χ2n) is 5.63. The van der Waals surface area contributed by atoms with Gasteiger partial charge in [0.15, 0.2) is 0 Å². The van der Waals surface area contributed by atoms with Gasteiger partial charge in [0.25, 0.3) is 0 Å². The Hall–Kier alpha value is -0.470. The molecule has 98 valence electrons. The molecule has 1 nitrogen and oxygen atoms in total. The maximum Gasteiger partial charge on any atom is 0.0108 e. The van der Waals surface area contributed by atoms with Crippen molar-refractivity contribution in [2.75, 3.05) is 18.1 Å². The van der Waals surface area contributed by atoms with E-state index in [1.807, 2.05) is 0 Å². The minimum Gasteiger partial charge on any atom is -0.314 e. The molecule has 1 unspecified atom stereocenters. The Morgan fingerprint density at radius 1 is 1.06 bits per heavy atom. The summed E-state index contributed by atoms with van der Waals surface area (Å²) in [7, 11) is 0. The lowest BCUT2D eigenvalue weighted by atomic mass is 9.92. The van der Waals surface area contributed by atoms with Gasteiger partial charge in [-0.1, -0.05) is 24.3 Å². The van der Waals surface area contributed by atoms with Gasteiger partial charge in [0.05, 0.1) is 0 Å². The quantitative estimate of drug-likeness (QED) is 0.892. The Morgan fingerprint density at radius 3 is 2.50 bits per heavy atom. The van der Waals surface area contributed by atoms with E-state index in [4.69, 9.17) is 0 Å². The fourth-order valence-electron chi connectivity index (χ4n) is 3.17. The van der Waals surface area contributed by atoms with Crippen LogP contribution in [0.2, 0.25) is 0 Å². The largest absolute Gasteiger partial charge is 0.314 e. The van der Waals surface area contributed by atoms with E-state index in [2.05, 4.69) is 41.3 Å². The minimum atomic E-state index is 0.724. The highest BCUT2D eigenvalue weighted by Gasteiger charge is 2.17. The van der Waals surface area contributed by atoms with Crippen LogP contribution in [0.1, 0.15) is 42.7 Å². The average Bonchev–Trinajstić information content (AvgIpc) is 2.94. The third-order valence-electron chi connectivity index (χ3n) is 4.32. The summed E-state index contributed by atoms with van der Waals surface area (Å²) in [5.74, 6) is 3.52. The molecule has 1 N–H and O–H groups in total. The molecule has 0 amide bonds. The third kappa shape index (κ3) is 3.10. The Labute approximate surface area is 115 Å². The number of hydrogen-bond donors (Lipinski definition) is 1. The van der Waals surface area contributed by atoms with E-state index >= 15 is 0 Å². The van der Waals surface area contributed by atoms with Gasteiger partial charge in [0.1, 0.15) is 0 Å². The predicted molar refractivity (Wildman–Crippen MR) is 80.5 cm³/mol. The van der Waals surface area contributed by atoms with Crippen LogP contribution >= 0.6 is 11.8 Å². The van der Waals surface area contributed by atoms with E-state index in [9.17, 15) is 0 Å². The van der Waals surface area contributed by atoms with Gasteiger partial charge in [-0.25, -0.2) is 0 Å². The highest BCUT2D eigenvalue weighted by molar-refractivity contribution is 7.99. The Balaban J connectivity index is 1.60. The molecule has 0 radical (unpaired) electrons. The molecule has 0 aromatic heterocycles. The second kappa shape index (κ2) is 6.12. The molecular formula is C16H23NS. The lowest BCUT2D eigenvalue weighted by Crippen LogP contribution is -2.23. The molecule has 2 aliphatic heterocycles. The van der Waals surface area contributed by atoms with Crippen LogP contribution in [0.5, 0.6) is 0 Å². The summed E-state index contributed by atoms with van der Waals surface area (Å²) in [6.45, 7) is 1.21. The number of thioether (sulfide) groups is 1. The normalized spacial score (nSPS) is 25.4. The van der Waals surface area contributed by atoms with Gasteiger partial charge in [-0.2, -0.15) is 11.8 Å². The molecule has 1 aromatic rings. The molecule has 1 aromatic carbocycles. The monoisotopic (exact) mass is 261 g/mol. The molecule has 2 aliphatic rings. The minimum absolute atomic E-state index is 0.724. The van der Waals surface area contributed by atoms with E-state index in [-0.39, 0.29) is 0 Å². The predicted octanol–water partition coefficient (Wildman–Crippen LogP) is 3.59. The van der Waals surface area contributed by atoms with Gasteiger partial charge in [-0.05, 0) is 67.2 Å². The molecular weight excluding hydrogens is 238 g/mol. The fourth-order valence-corrected chi connectivity index (χ4v) is 4.28. The summed E-state index contributed by atoms with van der Waals surface area (Å²) in [6, 6.07) is 10.2. The van der Waals surface area contributed by atoms with E-state index in [0.29, 0.717) is 0 Å². The summed E-state index contributed by atoms with van der Waals surface area (Å²) >= 11 is 2.11. The van der Waals surface area contributed by atoms with Crippen LogP contribution in [0.25, 0.3) is 0 Å². The molecule has 2 heterocycles. The molecule has 0 bridgehead atoms. The van der Waals surface area contributed by atoms with Gasteiger partial charge in [-0.3, -0.25) is 0 Å². The van der Waals surface area contributed by atoms with Crippen molar-refractivity contribution in [1.82, 2.24) is 5.32 Å². The van der Waals surface area contributed by atoms with Crippen molar-refractivity contribution in [3.63, 3.8) is 0 Å². The number of rotatable bonds is 3. The van der Waals surface area contributed by atoms with Crippen LogP contribution in [0, 0.1) is 0 Å². The second-order valence-corrected chi connectivity index (χ2v) is 6.85. The van der Waals surface area contributed by atoms with Gasteiger partial charge >= 0.3 is 0 Å². The van der Waals surface area contributed by atoms with Crippen molar-refractivity contribution in [3.05, 3.63) is 35.4 Å². The van der Waals surface area contributed by atoms with Gasteiger partial charge in [0.2, 0.25) is 0 Å². The molecule has 3 rings (SSSR count). The van der Waals surface area contributed by atoms with Crippen molar-refractivity contribution >= 4 is 11.8 Å². The van der Waals surface area contributed by atoms with Crippen LogP contribution < -0.4 is 5.32 Å². The Morgan fingerprint density at radius 2 is 1.83 bits per heavy atom. The van der Waals surface area contributed by atoms with E-state index < -0.39 is 0 Å². The first kappa shape index (κ1) is 12.6. The van der Waals surface area contributed by atoms with E-state index in [1.54, 1.807) is 5.56 Å². The van der Waals surface area contributed by atoms with E-state index in [1.165, 1.54) is 55.7 Å². The summed E-state index contributed by atoms with van der Waals surface area (Å²) in [5.41, 5.74) is 3.07. The number of benzene rings is 1. The molecule has 0 saturated carbocycles. The van der Waals surface area contributed by atoms with Crippen molar-refractivity contribution in [2.45, 2.75) is 44.1 Å². The van der Waals surface area contributed by atoms with E-state index in [0.717, 1.165) is 12.0 Å². The standard InChI is InChI=1S/C16H23NS/c1-2-16(17-9-1)12-13-3-5-14(6-4-13)15-7-10-18-11-8-15/h3-6,15-17H,1-2,7-12H2. The lowest BCUT2D eigenvalue weighted by molar-refractivity contribution is 0.602. The first-order valence-electron chi connectivity index (χ1n) is 7.32. The molecule has 2 saturated heterocycles. The first-order chi connectivity index (χ1) is 8.92. The summed E-state index contributed by atoms with van der Waals surface area (Å²) in [4.78, 5) is 0. The Bertz CT molecular complexity index is 361. The van der Waals surface area contributed by atoms with Crippen molar-refractivity contribution in [3.8, 4) is 0 Å². The molecule has 18 heavy (non-hydrogen) atoms. The fraction of sp³-hybridized carbons (Fsp3) is 0.625. The van der Waals surface area contributed by atoms with Crippen molar-refractivity contribution in [2.24, 2.45) is 0 Å². The van der Waals surface area contributed by atoms with Gasteiger partial charge in [-0.15, -0.1) is 0 Å². The van der Waals surface area contributed by atoms with Crippen LogP contribution in [-0.2, 0) is 6.42 Å². The molecule has 0 spiro atoms. The van der Waals surface area contributed by atoms with Crippen LogP contribution in [0.4, 0.5) is 0 Å². The molecule has 2 fully saturated rings. The molecule has 0 aliphatic carbocycles. The summed E-state index contributed by atoms with van der Waals surface area (Å²) in [6.07, 6.45) is 6.65. The maximum absolute atomic E-state index is 3.58. The first-order valence-corrected chi connectivity index (χ1v) is 8.47. The zero-order valence-corrected chi connectivity index (χ0v) is 11.8. The molecule has 2 heteroatoms. The van der Waals surface area contributed by atoms with Crippen molar-refractivity contribution in [1.29, 1.82) is 0 Å². The van der Waals surface area contributed by atoms with Crippen LogP contribution in [-0.4, -0.2) is 24.1 Å². The summed E-state index contributed by atoms with van der Waals surface area (Å²) in [5, 5.41) is 3.58. The lowest BCUT2D eigenvalue weighted by Gasteiger charge is -2.22. The van der Waals surface area contributed by atoms with Crippen molar-refractivity contribution < 1.29 is 0 Å². The molecule has 1 atom stereocenters. The Kier molecular flexibility index (Phi) is 4.27. The maximum atomic E-state index is 3.58. The van der Waals surface area contributed by atoms with Gasteiger partial charge in [0, 0.05) is 6.04 Å². The van der Waals surface area contributed by atoms with Crippen LogP contribution in [0.3, 0.4) is 0 Å². The average molecular weight is 261 g/mol. The summed E-state index contributed by atoms with van der Waals surface area (Å²) < 4.78 is 0. The van der Waals surface area contributed by atoms with Gasteiger partial charge < -0.3 is 5.32 Å². The highest BCUT2D eigenvalue weighted by Crippen LogP contribution is 2.31. The SMILES string of the molecule is c1cc(C2CCSCC2)ccc1CC1CCCN1. The number of nitrogens with one attached hydrogen (secondary N) is 1. The highest BCUT2D eigenvalue weighted by atomic mass is 32.2. The topological polar surface area (TPSA) is 12.0 Å².